The summed E-state index contributed by atoms with van der Waals surface area (Å²) >= 11 is 0. The standard InChI is InChI=1S/C23H22N4O2/c1-14-12-27-13-20(25-22(27)15(2)24-14)19-10-18-5-4-17(11-21(18)29-23(19)28)16-6-8-26(3)9-7-16/h4-6,10-13H,7-9H2,1-3H3. The van der Waals surface area contributed by atoms with E-state index < -0.39 is 0 Å². The first-order valence-corrected chi connectivity index (χ1v) is 9.77. The van der Waals surface area contributed by atoms with Gasteiger partial charge in [-0.2, -0.15) is 0 Å². The van der Waals surface area contributed by atoms with Crippen LogP contribution in [0.2, 0.25) is 0 Å². The van der Waals surface area contributed by atoms with Gasteiger partial charge in [0.25, 0.3) is 0 Å². The predicted octanol–water partition coefficient (Wildman–Crippen LogP) is 3.84. The number of rotatable bonds is 2. The molecule has 0 unspecified atom stereocenters. The first-order chi connectivity index (χ1) is 14.0. The normalized spacial score (nSPS) is 15.2. The van der Waals surface area contributed by atoms with Crippen LogP contribution in [0, 0.1) is 13.8 Å². The molecule has 5 rings (SSSR count). The molecule has 6 heteroatoms. The van der Waals surface area contributed by atoms with Gasteiger partial charge in [-0.15, -0.1) is 0 Å². The van der Waals surface area contributed by atoms with Crippen molar-refractivity contribution in [3.05, 3.63) is 70.1 Å². The van der Waals surface area contributed by atoms with E-state index in [9.17, 15) is 4.79 Å². The largest absolute Gasteiger partial charge is 0.422 e. The summed E-state index contributed by atoms with van der Waals surface area (Å²) in [6, 6.07) is 7.96. The van der Waals surface area contributed by atoms with Crippen LogP contribution >= 0.6 is 0 Å². The Labute approximate surface area is 168 Å². The second-order valence-electron chi connectivity index (χ2n) is 7.77. The van der Waals surface area contributed by atoms with E-state index in [4.69, 9.17) is 4.42 Å². The molecule has 0 spiro atoms. The third kappa shape index (κ3) is 3.15. The highest BCUT2D eigenvalue weighted by Crippen LogP contribution is 2.27. The fourth-order valence-corrected chi connectivity index (χ4v) is 3.96. The van der Waals surface area contributed by atoms with Crippen LogP contribution in [-0.2, 0) is 0 Å². The van der Waals surface area contributed by atoms with Gasteiger partial charge in [-0.05, 0) is 50.6 Å². The molecule has 3 aromatic heterocycles. The number of aryl methyl sites for hydroxylation is 2. The maximum absolute atomic E-state index is 12.7. The zero-order valence-corrected chi connectivity index (χ0v) is 16.8. The summed E-state index contributed by atoms with van der Waals surface area (Å²) in [5.74, 6) is 0. The Morgan fingerprint density at radius 1 is 1.10 bits per heavy atom. The average Bonchev–Trinajstić information content (AvgIpc) is 3.11. The summed E-state index contributed by atoms with van der Waals surface area (Å²) in [5, 5.41) is 0.889. The molecule has 4 aromatic rings. The molecular weight excluding hydrogens is 364 g/mol. The zero-order valence-electron chi connectivity index (χ0n) is 16.8. The molecule has 0 radical (unpaired) electrons. The van der Waals surface area contributed by atoms with Crippen LogP contribution in [-0.4, -0.2) is 39.4 Å². The third-order valence-electron chi connectivity index (χ3n) is 5.52. The molecule has 0 aliphatic carbocycles. The number of hydrogen-bond donors (Lipinski definition) is 0. The van der Waals surface area contributed by atoms with Crippen LogP contribution in [0.4, 0.5) is 0 Å². The lowest BCUT2D eigenvalue weighted by molar-refractivity contribution is 0.370. The highest BCUT2D eigenvalue weighted by atomic mass is 16.4. The van der Waals surface area contributed by atoms with E-state index in [0.717, 1.165) is 47.5 Å². The maximum Gasteiger partial charge on any atom is 0.345 e. The van der Waals surface area contributed by atoms with Crippen LogP contribution in [0.25, 0.3) is 33.4 Å². The van der Waals surface area contributed by atoms with Crippen molar-refractivity contribution in [3.63, 3.8) is 0 Å². The Kier molecular flexibility index (Phi) is 4.10. The fourth-order valence-electron chi connectivity index (χ4n) is 3.96. The minimum absolute atomic E-state index is 0.377. The molecule has 0 N–H and O–H groups in total. The van der Waals surface area contributed by atoms with Gasteiger partial charge in [0.15, 0.2) is 5.65 Å². The fraction of sp³-hybridized carbons (Fsp3) is 0.261. The van der Waals surface area contributed by atoms with Gasteiger partial charge in [-0.1, -0.05) is 18.2 Å². The Morgan fingerprint density at radius 2 is 1.97 bits per heavy atom. The van der Waals surface area contributed by atoms with Crippen molar-refractivity contribution in [2.24, 2.45) is 0 Å². The Balaban J connectivity index is 1.60. The van der Waals surface area contributed by atoms with Gasteiger partial charge in [0.05, 0.1) is 22.6 Å². The number of hydrogen-bond acceptors (Lipinski definition) is 5. The second kappa shape index (κ2) is 6.67. The minimum Gasteiger partial charge on any atom is -0.422 e. The summed E-state index contributed by atoms with van der Waals surface area (Å²) in [4.78, 5) is 24.1. The molecule has 1 aliphatic heterocycles. The molecule has 0 saturated heterocycles. The lowest BCUT2D eigenvalue weighted by Crippen LogP contribution is -2.23. The molecule has 0 saturated carbocycles. The van der Waals surface area contributed by atoms with E-state index in [1.807, 2.05) is 48.8 Å². The average molecular weight is 386 g/mol. The Bertz CT molecular complexity index is 1350. The minimum atomic E-state index is -0.377. The van der Waals surface area contributed by atoms with Crippen molar-refractivity contribution in [2.75, 3.05) is 20.1 Å². The number of likely N-dealkylation sites (N-methyl/N-ethyl adjacent to an activating group) is 1. The number of nitrogens with zero attached hydrogens (tertiary/aromatic N) is 4. The Hall–Kier alpha value is -3.25. The van der Waals surface area contributed by atoms with Gasteiger partial charge in [-0.3, -0.25) is 4.98 Å². The van der Waals surface area contributed by atoms with Gasteiger partial charge in [0, 0.05) is 30.9 Å². The zero-order chi connectivity index (χ0) is 20.1. The van der Waals surface area contributed by atoms with E-state index in [0.29, 0.717) is 16.8 Å². The van der Waals surface area contributed by atoms with Gasteiger partial charge >= 0.3 is 5.63 Å². The van der Waals surface area contributed by atoms with Crippen molar-refractivity contribution in [1.82, 2.24) is 19.3 Å². The van der Waals surface area contributed by atoms with E-state index in [2.05, 4.69) is 34.1 Å². The van der Waals surface area contributed by atoms with Crippen molar-refractivity contribution in [1.29, 1.82) is 0 Å². The van der Waals surface area contributed by atoms with Crippen molar-refractivity contribution < 1.29 is 4.42 Å². The van der Waals surface area contributed by atoms with Crippen LogP contribution in [0.3, 0.4) is 0 Å². The van der Waals surface area contributed by atoms with Crippen LogP contribution in [0.15, 0.2) is 51.9 Å². The molecule has 146 valence electrons. The van der Waals surface area contributed by atoms with Crippen molar-refractivity contribution in [2.45, 2.75) is 20.3 Å². The van der Waals surface area contributed by atoms with E-state index >= 15 is 0 Å². The quantitative estimate of drug-likeness (QED) is 0.490. The first-order valence-electron chi connectivity index (χ1n) is 9.77. The highest BCUT2D eigenvalue weighted by Gasteiger charge is 2.15. The monoisotopic (exact) mass is 386 g/mol. The first kappa shape index (κ1) is 17.8. The molecule has 29 heavy (non-hydrogen) atoms. The van der Waals surface area contributed by atoms with Gasteiger partial charge < -0.3 is 13.7 Å². The lowest BCUT2D eigenvalue weighted by atomic mass is 9.98. The maximum atomic E-state index is 12.7. The van der Waals surface area contributed by atoms with Gasteiger partial charge in [0.1, 0.15) is 5.58 Å². The second-order valence-corrected chi connectivity index (χ2v) is 7.77. The summed E-state index contributed by atoms with van der Waals surface area (Å²) in [6.07, 6.45) is 7.00. The molecule has 0 atom stereocenters. The molecule has 0 fully saturated rings. The molecule has 0 amide bonds. The van der Waals surface area contributed by atoms with Gasteiger partial charge in [0.2, 0.25) is 0 Å². The third-order valence-corrected chi connectivity index (χ3v) is 5.52. The molecule has 1 aromatic carbocycles. The predicted molar refractivity (Wildman–Crippen MR) is 114 cm³/mol. The van der Waals surface area contributed by atoms with Crippen molar-refractivity contribution >= 4 is 22.2 Å². The summed E-state index contributed by atoms with van der Waals surface area (Å²) in [6.45, 7) is 5.83. The molecule has 0 bridgehead atoms. The number of aromatic nitrogens is 3. The smallest absolute Gasteiger partial charge is 0.345 e. The number of imidazole rings is 1. The van der Waals surface area contributed by atoms with E-state index in [-0.39, 0.29) is 5.63 Å². The molecule has 6 nitrogen and oxygen atoms in total. The summed E-state index contributed by atoms with van der Waals surface area (Å²) in [7, 11) is 2.12. The summed E-state index contributed by atoms with van der Waals surface area (Å²) < 4.78 is 7.60. The van der Waals surface area contributed by atoms with Crippen LogP contribution in [0.1, 0.15) is 23.4 Å². The van der Waals surface area contributed by atoms with E-state index in [1.165, 1.54) is 5.57 Å². The SMILES string of the molecule is Cc1cn2cc(-c3cc4ccc(C5=CCN(C)CC5)cc4oc3=O)nc2c(C)n1. The topological polar surface area (TPSA) is 63.6 Å². The van der Waals surface area contributed by atoms with Gasteiger partial charge in [-0.25, -0.2) is 9.78 Å². The van der Waals surface area contributed by atoms with E-state index in [1.54, 1.807) is 0 Å². The highest BCUT2D eigenvalue weighted by molar-refractivity contribution is 5.85. The van der Waals surface area contributed by atoms with Crippen LogP contribution in [0.5, 0.6) is 0 Å². The van der Waals surface area contributed by atoms with Crippen molar-refractivity contribution in [3.8, 4) is 11.3 Å². The molecule has 1 aliphatic rings. The lowest BCUT2D eigenvalue weighted by Gasteiger charge is -2.22. The van der Waals surface area contributed by atoms with Crippen LogP contribution < -0.4 is 5.63 Å². The Morgan fingerprint density at radius 3 is 2.76 bits per heavy atom. The molecular formula is C23H22N4O2. The summed E-state index contributed by atoms with van der Waals surface area (Å²) in [5.41, 5.74) is 6.18. The number of fused-ring (bicyclic) bond motifs is 2. The molecule has 4 heterocycles. The number of benzene rings is 1.